The normalized spacial score (nSPS) is 12.3. The molecule has 0 aromatic heterocycles. The molecule has 1 unspecified atom stereocenters. The van der Waals surface area contributed by atoms with Gasteiger partial charge in [-0.2, -0.15) is 0 Å². The molecule has 1 aromatic rings. The molecule has 0 heterocycles. The van der Waals surface area contributed by atoms with E-state index in [4.69, 9.17) is 10.5 Å². The summed E-state index contributed by atoms with van der Waals surface area (Å²) in [6, 6.07) is 4.28. The lowest BCUT2D eigenvalue weighted by molar-refractivity contribution is -0.129. The van der Waals surface area contributed by atoms with E-state index in [1.54, 1.807) is 6.92 Å². The maximum Gasteiger partial charge on any atom is 0.251 e. The molecule has 0 fully saturated rings. The minimum atomic E-state index is -1.04. The van der Waals surface area contributed by atoms with E-state index in [0.717, 1.165) is 0 Å². The van der Waals surface area contributed by atoms with Gasteiger partial charge in [0.15, 0.2) is 17.6 Å². The Morgan fingerprint density at radius 2 is 2.20 bits per heavy atom. The Morgan fingerprint density at radius 3 is 2.73 bits per heavy atom. The Balaban J connectivity index is 3.11. The van der Waals surface area contributed by atoms with E-state index in [9.17, 15) is 15.0 Å². The second-order valence-electron chi connectivity index (χ2n) is 2.95. The van der Waals surface area contributed by atoms with Crippen molar-refractivity contribution in [1.29, 1.82) is 0 Å². The number of rotatable bonds is 4. The van der Waals surface area contributed by atoms with Gasteiger partial charge in [-0.25, -0.2) is 0 Å². The molecule has 1 rings (SSSR count). The van der Waals surface area contributed by atoms with Crippen LogP contribution in [0.5, 0.6) is 11.5 Å². The maximum atomic E-state index is 11.1. The van der Waals surface area contributed by atoms with Crippen molar-refractivity contribution in [2.75, 3.05) is 6.61 Å². The zero-order chi connectivity index (χ0) is 11.4. The molecule has 5 nitrogen and oxygen atoms in total. The van der Waals surface area contributed by atoms with Gasteiger partial charge in [0.2, 0.25) is 0 Å². The Hall–Kier alpha value is -1.75. The van der Waals surface area contributed by atoms with Gasteiger partial charge in [-0.05, 0) is 13.0 Å². The minimum Gasteiger partial charge on any atom is -0.504 e. The summed E-state index contributed by atoms with van der Waals surface area (Å²) in [5, 5.41) is 18.7. The Labute approximate surface area is 87.1 Å². The molecule has 0 saturated heterocycles. The zero-order valence-corrected chi connectivity index (χ0v) is 8.30. The van der Waals surface area contributed by atoms with E-state index < -0.39 is 12.0 Å². The van der Waals surface area contributed by atoms with Crippen LogP contribution in [0.3, 0.4) is 0 Å². The molecule has 4 N–H and O–H groups in total. The predicted octanol–water partition coefficient (Wildman–Crippen LogP) is 0.661. The number of benzene rings is 1. The number of hydrogen-bond acceptors (Lipinski definition) is 4. The summed E-state index contributed by atoms with van der Waals surface area (Å²) < 4.78 is 5.08. The van der Waals surface area contributed by atoms with Crippen LogP contribution < -0.4 is 5.73 Å². The second-order valence-corrected chi connectivity index (χ2v) is 2.95. The third-order valence-corrected chi connectivity index (χ3v) is 1.92. The van der Waals surface area contributed by atoms with Crippen molar-refractivity contribution in [2.24, 2.45) is 5.73 Å². The first-order valence-corrected chi connectivity index (χ1v) is 4.49. The first kappa shape index (κ1) is 11.3. The van der Waals surface area contributed by atoms with Gasteiger partial charge >= 0.3 is 0 Å². The lowest BCUT2D eigenvalue weighted by atomic mass is 10.1. The maximum absolute atomic E-state index is 11.1. The van der Waals surface area contributed by atoms with Crippen molar-refractivity contribution in [2.45, 2.75) is 13.0 Å². The predicted molar refractivity (Wildman–Crippen MR) is 53.3 cm³/mol. The van der Waals surface area contributed by atoms with Gasteiger partial charge < -0.3 is 20.7 Å². The first-order chi connectivity index (χ1) is 7.07. The molecule has 1 atom stereocenters. The topological polar surface area (TPSA) is 92.8 Å². The fourth-order valence-corrected chi connectivity index (χ4v) is 1.25. The fourth-order valence-electron chi connectivity index (χ4n) is 1.25. The van der Waals surface area contributed by atoms with Gasteiger partial charge in [0.25, 0.3) is 5.91 Å². The number of carbonyl (C=O) groups excluding carboxylic acids is 1. The summed E-state index contributed by atoms with van der Waals surface area (Å²) >= 11 is 0. The SMILES string of the molecule is CCOC(C(N)=O)c1cccc(O)c1O. The lowest BCUT2D eigenvalue weighted by Crippen LogP contribution is -2.23. The van der Waals surface area contributed by atoms with Crippen molar-refractivity contribution < 1.29 is 19.7 Å². The summed E-state index contributed by atoms with van der Waals surface area (Å²) in [6.07, 6.45) is -1.04. The van der Waals surface area contributed by atoms with E-state index in [1.165, 1.54) is 18.2 Å². The lowest BCUT2D eigenvalue weighted by Gasteiger charge is -2.15. The van der Waals surface area contributed by atoms with E-state index in [2.05, 4.69) is 0 Å². The van der Waals surface area contributed by atoms with Gasteiger partial charge in [-0.15, -0.1) is 0 Å². The number of amides is 1. The molecule has 15 heavy (non-hydrogen) atoms. The van der Waals surface area contributed by atoms with Gasteiger partial charge in [0.05, 0.1) is 0 Å². The van der Waals surface area contributed by atoms with Crippen LogP contribution in [0.2, 0.25) is 0 Å². The molecular formula is C10H13NO4. The van der Waals surface area contributed by atoms with Crippen LogP contribution in [0.4, 0.5) is 0 Å². The van der Waals surface area contributed by atoms with E-state index in [-0.39, 0.29) is 23.7 Å². The van der Waals surface area contributed by atoms with E-state index in [0.29, 0.717) is 0 Å². The number of hydrogen-bond donors (Lipinski definition) is 3. The van der Waals surface area contributed by atoms with Crippen LogP contribution in [0.1, 0.15) is 18.6 Å². The highest BCUT2D eigenvalue weighted by molar-refractivity contribution is 5.81. The molecule has 0 aliphatic carbocycles. The highest BCUT2D eigenvalue weighted by Crippen LogP contribution is 2.33. The van der Waals surface area contributed by atoms with Gasteiger partial charge in [0.1, 0.15) is 0 Å². The summed E-state index contributed by atoms with van der Waals surface area (Å²) in [5.41, 5.74) is 5.29. The van der Waals surface area contributed by atoms with Crippen LogP contribution in [-0.4, -0.2) is 22.7 Å². The van der Waals surface area contributed by atoms with Crippen LogP contribution in [-0.2, 0) is 9.53 Å². The average molecular weight is 211 g/mol. The number of ether oxygens (including phenoxy) is 1. The van der Waals surface area contributed by atoms with Crippen LogP contribution >= 0.6 is 0 Å². The molecule has 1 aromatic carbocycles. The monoisotopic (exact) mass is 211 g/mol. The molecule has 0 spiro atoms. The highest BCUT2D eigenvalue weighted by atomic mass is 16.5. The van der Waals surface area contributed by atoms with Crippen molar-refractivity contribution >= 4 is 5.91 Å². The van der Waals surface area contributed by atoms with E-state index in [1.807, 2.05) is 0 Å². The smallest absolute Gasteiger partial charge is 0.251 e. The molecule has 82 valence electrons. The van der Waals surface area contributed by atoms with Gasteiger partial charge in [-0.3, -0.25) is 4.79 Å². The van der Waals surface area contributed by atoms with Crippen molar-refractivity contribution in [3.8, 4) is 11.5 Å². The number of aromatic hydroxyl groups is 2. The molecule has 0 aliphatic rings. The van der Waals surface area contributed by atoms with E-state index >= 15 is 0 Å². The molecule has 0 aliphatic heterocycles. The van der Waals surface area contributed by atoms with Gasteiger partial charge in [-0.1, -0.05) is 12.1 Å². The number of phenols is 2. The number of primary amides is 1. The van der Waals surface area contributed by atoms with Gasteiger partial charge in [0, 0.05) is 12.2 Å². The number of nitrogens with two attached hydrogens (primary N) is 1. The molecular weight excluding hydrogens is 198 g/mol. The average Bonchev–Trinajstić information content (AvgIpc) is 2.19. The summed E-state index contributed by atoms with van der Waals surface area (Å²) in [7, 11) is 0. The Morgan fingerprint density at radius 1 is 1.53 bits per heavy atom. The van der Waals surface area contributed by atoms with Crippen LogP contribution in [0, 0.1) is 0 Å². The number of para-hydroxylation sites is 1. The molecule has 5 heteroatoms. The highest BCUT2D eigenvalue weighted by Gasteiger charge is 2.22. The fraction of sp³-hybridized carbons (Fsp3) is 0.300. The third kappa shape index (κ3) is 2.38. The Kier molecular flexibility index (Phi) is 3.51. The standard InChI is InChI=1S/C10H13NO4/c1-2-15-9(10(11)14)6-4-3-5-7(12)8(6)13/h3-5,9,12-13H,2H2,1H3,(H2,11,14). The van der Waals surface area contributed by atoms with Crippen molar-refractivity contribution in [3.63, 3.8) is 0 Å². The summed E-state index contributed by atoms with van der Waals surface area (Å²) in [6.45, 7) is 1.98. The molecule has 1 amide bonds. The Bertz CT molecular complexity index is 364. The van der Waals surface area contributed by atoms with Crippen molar-refractivity contribution in [3.05, 3.63) is 23.8 Å². The number of phenolic OH excluding ortho intramolecular Hbond substituents is 2. The van der Waals surface area contributed by atoms with Crippen molar-refractivity contribution in [1.82, 2.24) is 0 Å². The quantitative estimate of drug-likeness (QED) is 0.638. The molecule has 0 saturated carbocycles. The molecule has 0 bridgehead atoms. The zero-order valence-electron chi connectivity index (χ0n) is 8.30. The first-order valence-electron chi connectivity index (χ1n) is 4.49. The number of carbonyl (C=O) groups is 1. The summed E-state index contributed by atoms with van der Waals surface area (Å²) in [5.74, 6) is -1.40. The van der Waals surface area contributed by atoms with Crippen LogP contribution in [0.15, 0.2) is 18.2 Å². The summed E-state index contributed by atoms with van der Waals surface area (Å²) in [4.78, 5) is 11.1. The third-order valence-electron chi connectivity index (χ3n) is 1.92. The second kappa shape index (κ2) is 4.65. The molecule has 0 radical (unpaired) electrons. The van der Waals surface area contributed by atoms with Crippen LogP contribution in [0.25, 0.3) is 0 Å². The largest absolute Gasteiger partial charge is 0.504 e. The minimum absolute atomic E-state index is 0.171.